The molecular formula is C23H22FN3O2. The number of rotatable bonds is 8. The lowest BCUT2D eigenvalue weighted by atomic mass is 10.1. The van der Waals surface area contributed by atoms with Gasteiger partial charge in [-0.1, -0.05) is 48.5 Å². The first-order valence-electron chi connectivity index (χ1n) is 9.43. The fourth-order valence-corrected chi connectivity index (χ4v) is 2.84. The van der Waals surface area contributed by atoms with E-state index in [1.54, 1.807) is 24.3 Å². The lowest BCUT2D eigenvalue weighted by molar-refractivity contribution is 0.0945. The molecule has 0 spiro atoms. The van der Waals surface area contributed by atoms with Gasteiger partial charge in [0.15, 0.2) is 0 Å². The number of aryl methyl sites for hydroxylation is 1. The van der Waals surface area contributed by atoms with Crippen molar-refractivity contribution in [3.8, 4) is 0 Å². The van der Waals surface area contributed by atoms with Gasteiger partial charge in [0.1, 0.15) is 11.5 Å². The number of nitrogens with one attached hydrogen (secondary N) is 2. The molecule has 0 radical (unpaired) electrons. The Balaban J connectivity index is 1.50. The molecule has 0 saturated carbocycles. The predicted molar refractivity (Wildman–Crippen MR) is 109 cm³/mol. The first-order valence-corrected chi connectivity index (χ1v) is 9.43. The lowest BCUT2D eigenvalue weighted by Gasteiger charge is -2.08. The number of aromatic nitrogens is 1. The molecule has 0 saturated heterocycles. The van der Waals surface area contributed by atoms with Gasteiger partial charge in [0.2, 0.25) is 0 Å². The summed E-state index contributed by atoms with van der Waals surface area (Å²) < 4.78 is 13.6. The molecule has 0 atom stereocenters. The Labute approximate surface area is 169 Å². The summed E-state index contributed by atoms with van der Waals surface area (Å²) in [5.74, 6) is -1.11. The zero-order valence-electron chi connectivity index (χ0n) is 15.9. The minimum atomic E-state index is -0.466. The summed E-state index contributed by atoms with van der Waals surface area (Å²) in [5, 5.41) is 5.47. The maximum Gasteiger partial charge on any atom is 0.270 e. The number of carbonyl (C=O) groups is 2. The van der Waals surface area contributed by atoms with Crippen LogP contribution in [0.3, 0.4) is 0 Å². The summed E-state index contributed by atoms with van der Waals surface area (Å²) in [6, 6.07) is 19.3. The molecule has 0 fully saturated rings. The maximum absolute atomic E-state index is 13.6. The summed E-state index contributed by atoms with van der Waals surface area (Å²) in [7, 11) is 0. The summed E-state index contributed by atoms with van der Waals surface area (Å²) in [5.41, 5.74) is 2.07. The lowest BCUT2D eigenvalue weighted by Crippen LogP contribution is -2.27. The monoisotopic (exact) mass is 391 g/mol. The fourth-order valence-electron chi connectivity index (χ4n) is 2.84. The molecule has 1 heterocycles. The molecule has 0 aliphatic heterocycles. The number of amides is 2. The third-order valence-electron chi connectivity index (χ3n) is 4.42. The van der Waals surface area contributed by atoms with Crippen LogP contribution in [0.4, 0.5) is 4.39 Å². The van der Waals surface area contributed by atoms with E-state index in [4.69, 9.17) is 0 Å². The number of benzene rings is 2. The molecule has 3 rings (SSSR count). The van der Waals surface area contributed by atoms with E-state index in [1.807, 2.05) is 18.2 Å². The number of halogens is 1. The molecule has 29 heavy (non-hydrogen) atoms. The van der Waals surface area contributed by atoms with Crippen LogP contribution in [0.15, 0.2) is 72.9 Å². The number of hydrogen-bond acceptors (Lipinski definition) is 3. The van der Waals surface area contributed by atoms with E-state index < -0.39 is 5.91 Å². The van der Waals surface area contributed by atoms with Crippen LogP contribution < -0.4 is 10.6 Å². The smallest absolute Gasteiger partial charge is 0.270 e. The highest BCUT2D eigenvalue weighted by Crippen LogP contribution is 2.07. The molecule has 2 aromatic carbocycles. The second-order valence-corrected chi connectivity index (χ2v) is 6.55. The quantitative estimate of drug-likeness (QED) is 0.577. The van der Waals surface area contributed by atoms with Gasteiger partial charge in [0, 0.05) is 30.4 Å². The van der Waals surface area contributed by atoms with E-state index in [0.717, 1.165) is 12.8 Å². The van der Waals surface area contributed by atoms with Gasteiger partial charge in [0.25, 0.3) is 11.8 Å². The Hall–Kier alpha value is -3.54. The Morgan fingerprint density at radius 3 is 2.45 bits per heavy atom. The number of hydrogen-bond donors (Lipinski definition) is 2. The Kier molecular flexibility index (Phi) is 7.05. The standard InChI is InChI=1S/C23H22FN3O2/c24-20-11-5-4-10-19(20)16-27-23(29)21-15-18(12-14-25-21)22(28)26-13-6-9-17-7-2-1-3-8-17/h1-5,7-8,10-12,14-15H,6,9,13,16H2,(H,26,28)(H,27,29). The maximum atomic E-state index is 13.6. The summed E-state index contributed by atoms with van der Waals surface area (Å²) >= 11 is 0. The minimum absolute atomic E-state index is 0.0447. The highest BCUT2D eigenvalue weighted by Gasteiger charge is 2.12. The first-order chi connectivity index (χ1) is 14.1. The highest BCUT2D eigenvalue weighted by atomic mass is 19.1. The van der Waals surface area contributed by atoms with Crippen LogP contribution in [0.5, 0.6) is 0 Å². The van der Waals surface area contributed by atoms with Gasteiger partial charge >= 0.3 is 0 Å². The van der Waals surface area contributed by atoms with Crippen LogP contribution in [0.1, 0.15) is 38.4 Å². The fraction of sp³-hybridized carbons (Fsp3) is 0.174. The van der Waals surface area contributed by atoms with Gasteiger partial charge in [-0.3, -0.25) is 14.6 Å². The van der Waals surface area contributed by atoms with E-state index in [-0.39, 0.29) is 24.0 Å². The van der Waals surface area contributed by atoms with Gasteiger partial charge in [-0.05, 0) is 36.6 Å². The van der Waals surface area contributed by atoms with Crippen molar-refractivity contribution in [3.05, 3.63) is 101 Å². The molecule has 0 aliphatic carbocycles. The number of pyridine rings is 1. The molecule has 5 nitrogen and oxygen atoms in total. The van der Waals surface area contributed by atoms with Gasteiger partial charge in [-0.2, -0.15) is 0 Å². The molecule has 0 bridgehead atoms. The van der Waals surface area contributed by atoms with E-state index in [2.05, 4.69) is 27.8 Å². The molecule has 2 N–H and O–H groups in total. The van der Waals surface area contributed by atoms with E-state index >= 15 is 0 Å². The molecule has 1 aromatic heterocycles. The summed E-state index contributed by atoms with van der Waals surface area (Å²) in [6.07, 6.45) is 3.11. The Bertz CT molecular complexity index is 977. The normalized spacial score (nSPS) is 10.4. The molecule has 0 aliphatic rings. The van der Waals surface area contributed by atoms with Gasteiger partial charge in [-0.25, -0.2) is 4.39 Å². The second kappa shape index (κ2) is 10.1. The number of carbonyl (C=O) groups excluding carboxylic acids is 2. The van der Waals surface area contributed by atoms with Crippen molar-refractivity contribution in [1.29, 1.82) is 0 Å². The zero-order valence-corrected chi connectivity index (χ0v) is 15.9. The molecule has 3 aromatic rings. The third kappa shape index (κ3) is 5.97. The largest absolute Gasteiger partial charge is 0.352 e. The Morgan fingerprint density at radius 2 is 1.66 bits per heavy atom. The average molecular weight is 391 g/mol. The minimum Gasteiger partial charge on any atom is -0.352 e. The van der Waals surface area contributed by atoms with E-state index in [1.165, 1.54) is 23.9 Å². The average Bonchev–Trinajstić information content (AvgIpc) is 2.76. The van der Waals surface area contributed by atoms with Crippen LogP contribution in [-0.4, -0.2) is 23.3 Å². The topological polar surface area (TPSA) is 71.1 Å². The van der Waals surface area contributed by atoms with Crippen molar-refractivity contribution >= 4 is 11.8 Å². The molecular weight excluding hydrogens is 369 g/mol. The molecule has 6 heteroatoms. The van der Waals surface area contributed by atoms with Crippen LogP contribution in [0.25, 0.3) is 0 Å². The first kappa shape index (κ1) is 20.2. The van der Waals surface area contributed by atoms with Crippen LogP contribution in [0.2, 0.25) is 0 Å². The molecule has 0 unspecified atom stereocenters. The second-order valence-electron chi connectivity index (χ2n) is 6.55. The van der Waals surface area contributed by atoms with Crippen molar-refractivity contribution in [2.24, 2.45) is 0 Å². The van der Waals surface area contributed by atoms with E-state index in [9.17, 15) is 14.0 Å². The highest BCUT2D eigenvalue weighted by molar-refractivity contribution is 5.98. The van der Waals surface area contributed by atoms with Crippen molar-refractivity contribution in [1.82, 2.24) is 15.6 Å². The summed E-state index contributed by atoms with van der Waals surface area (Å²) in [4.78, 5) is 28.6. The molecule has 148 valence electrons. The molecule has 2 amide bonds. The van der Waals surface area contributed by atoms with Crippen molar-refractivity contribution in [2.75, 3.05) is 6.54 Å². The van der Waals surface area contributed by atoms with Crippen molar-refractivity contribution in [3.63, 3.8) is 0 Å². The van der Waals surface area contributed by atoms with Gasteiger partial charge in [-0.15, -0.1) is 0 Å². The Morgan fingerprint density at radius 1 is 0.897 bits per heavy atom. The third-order valence-corrected chi connectivity index (χ3v) is 4.42. The SMILES string of the molecule is O=C(NCCCc1ccccc1)c1ccnc(C(=O)NCc2ccccc2F)c1. The van der Waals surface area contributed by atoms with Crippen LogP contribution >= 0.6 is 0 Å². The zero-order chi connectivity index (χ0) is 20.5. The van der Waals surface area contributed by atoms with Crippen LogP contribution in [-0.2, 0) is 13.0 Å². The van der Waals surface area contributed by atoms with E-state index in [0.29, 0.717) is 17.7 Å². The number of nitrogens with zero attached hydrogens (tertiary/aromatic N) is 1. The van der Waals surface area contributed by atoms with Crippen LogP contribution in [0, 0.1) is 5.82 Å². The van der Waals surface area contributed by atoms with Crippen molar-refractivity contribution in [2.45, 2.75) is 19.4 Å². The van der Waals surface area contributed by atoms with Gasteiger partial charge < -0.3 is 10.6 Å². The van der Waals surface area contributed by atoms with Crippen molar-refractivity contribution < 1.29 is 14.0 Å². The predicted octanol–water partition coefficient (Wildman–Crippen LogP) is 3.51. The van der Waals surface area contributed by atoms with Gasteiger partial charge in [0.05, 0.1) is 0 Å². The summed E-state index contributed by atoms with van der Waals surface area (Å²) in [6.45, 7) is 0.577.